The van der Waals surface area contributed by atoms with Crippen LogP contribution in [0.5, 0.6) is 34.5 Å². The summed E-state index contributed by atoms with van der Waals surface area (Å²) in [5.41, 5.74) is 0.876. The molecule has 0 aromatic heterocycles. The molecule has 40 nitrogen and oxygen atoms in total. The zero-order chi connectivity index (χ0) is 101. The highest BCUT2D eigenvalue weighted by Gasteiger charge is 2.40. The molecule has 0 aliphatic carbocycles. The van der Waals surface area contributed by atoms with Crippen molar-refractivity contribution in [1.82, 2.24) is 19.6 Å². The lowest BCUT2D eigenvalue weighted by Gasteiger charge is -2.32. The van der Waals surface area contributed by atoms with Crippen LogP contribution in [0.1, 0.15) is 115 Å². The molecule has 0 radical (unpaired) electrons. The van der Waals surface area contributed by atoms with E-state index in [9.17, 15) is 28.8 Å². The number of aryl methyl sites for hydroxylation is 4. The first-order valence-electron chi connectivity index (χ1n) is 47.3. The lowest BCUT2D eigenvalue weighted by atomic mass is 9.91. The van der Waals surface area contributed by atoms with Crippen LogP contribution in [0.3, 0.4) is 0 Å². The molecule has 788 valence electrons. The number of hydrogen-bond donors (Lipinski definition) is 0. The van der Waals surface area contributed by atoms with Crippen molar-refractivity contribution in [2.75, 3.05) is 361 Å². The monoisotopic (exact) mass is 1980 g/mol. The molecule has 0 saturated carbocycles. The molecule has 0 aliphatic heterocycles. The molecular weight excluding hydrogens is 1820 g/mol. The molecule has 0 fully saturated rings. The summed E-state index contributed by atoms with van der Waals surface area (Å²) >= 11 is 0. The number of hydrogen-bond acceptors (Lipinski definition) is 40. The first-order chi connectivity index (χ1) is 67.2. The molecule has 139 heavy (non-hydrogen) atoms. The Morgan fingerprint density at radius 1 is 0.223 bits per heavy atom. The second-order valence-corrected chi connectivity index (χ2v) is 33.1. The number of carbonyl (C=O) groups excluding carboxylic acids is 8. The molecule has 4 aromatic carbocycles. The lowest BCUT2D eigenvalue weighted by Crippen LogP contribution is -2.44. The van der Waals surface area contributed by atoms with Crippen molar-refractivity contribution >= 4 is 47.8 Å². The van der Waals surface area contributed by atoms with Crippen molar-refractivity contribution in [3.05, 3.63) is 105 Å². The van der Waals surface area contributed by atoms with E-state index < -0.39 is 55.7 Å². The van der Waals surface area contributed by atoms with Gasteiger partial charge in [-0.25, -0.2) is 19.2 Å². The fourth-order valence-electron chi connectivity index (χ4n) is 12.5. The molecule has 0 heterocycles. The van der Waals surface area contributed by atoms with Gasteiger partial charge in [0.05, 0.1) is 194 Å². The number of nitrogens with zero attached hydrogens (tertiary/aromatic N) is 4. The summed E-state index contributed by atoms with van der Waals surface area (Å²) in [7, 11) is 18.6. The number of carbonyl (C=O) groups is 8. The number of esters is 8. The average Bonchev–Trinajstić information content (AvgIpc) is 0.808. The van der Waals surface area contributed by atoms with Gasteiger partial charge in [-0.15, -0.1) is 0 Å². The fraction of sp³-hybridized carbons (Fsp3) is 0.677. The minimum atomic E-state index is -1.98. The van der Waals surface area contributed by atoms with Crippen molar-refractivity contribution in [2.45, 2.75) is 79.1 Å². The van der Waals surface area contributed by atoms with Gasteiger partial charge >= 0.3 is 47.8 Å². The maximum atomic E-state index is 15.4. The van der Waals surface area contributed by atoms with E-state index in [1.807, 2.05) is 88.1 Å². The Balaban J connectivity index is 1.84. The van der Waals surface area contributed by atoms with Crippen molar-refractivity contribution in [3.63, 3.8) is 0 Å². The van der Waals surface area contributed by atoms with Gasteiger partial charge in [0.2, 0.25) is 11.5 Å². The van der Waals surface area contributed by atoms with E-state index in [1.165, 1.54) is 24.3 Å². The van der Waals surface area contributed by atoms with Crippen molar-refractivity contribution in [1.29, 1.82) is 0 Å². The number of ether oxygens (including phenoxy) is 28. The molecule has 0 aliphatic rings. The van der Waals surface area contributed by atoms with E-state index in [4.69, 9.17) is 133 Å². The van der Waals surface area contributed by atoms with Gasteiger partial charge in [-0.3, -0.25) is 19.2 Å². The SMILES string of the molecule is COCCOCCOCCOc1c(OCCOCCOCCOC(=O)CCCN(C)C)cc(C(=O)OCC(COC(=O)c2cc(C)cc(C)c2)(COC(=O)c2cc(C)cc(C)c2)COC(=O)c2cc(OCCOCCOCCOC(=O)CCCN(C)C)c(OCCOCCOCCOC)c(OCCOCCOCCOC(=O)CCCN(C)C)c2)cc1OCCOCCOCCOC(=O)CCCN(C)C. The molecule has 0 unspecified atom stereocenters. The van der Waals surface area contributed by atoms with Crippen LogP contribution in [0.4, 0.5) is 0 Å². The summed E-state index contributed by atoms with van der Waals surface area (Å²) in [5.74, 6) is -5.10. The Morgan fingerprint density at radius 2 is 0.403 bits per heavy atom. The van der Waals surface area contributed by atoms with E-state index in [1.54, 1.807) is 66.2 Å². The lowest BCUT2D eigenvalue weighted by molar-refractivity contribution is -0.146. The Kier molecular flexibility index (Phi) is 67.9. The molecule has 0 saturated heterocycles. The zero-order valence-corrected chi connectivity index (χ0v) is 84.5. The summed E-state index contributed by atoms with van der Waals surface area (Å²) < 4.78 is 164. The van der Waals surface area contributed by atoms with Gasteiger partial charge in [0.25, 0.3) is 0 Å². The average molecular weight is 1980 g/mol. The van der Waals surface area contributed by atoms with Crippen LogP contribution in [-0.2, 0) is 123 Å². The van der Waals surface area contributed by atoms with E-state index in [-0.39, 0.29) is 318 Å². The first-order valence-corrected chi connectivity index (χ1v) is 47.3. The number of rotatable bonds is 88. The minimum Gasteiger partial charge on any atom is -0.487 e. The molecule has 0 bridgehead atoms. The van der Waals surface area contributed by atoms with E-state index >= 15 is 9.59 Å². The Hall–Kier alpha value is -9.28. The number of benzene rings is 4. The van der Waals surface area contributed by atoms with Gasteiger partial charge in [0, 0.05) is 39.9 Å². The van der Waals surface area contributed by atoms with Gasteiger partial charge in [-0.05, 0) is 184 Å². The molecule has 0 amide bonds. The first kappa shape index (κ1) is 122. The highest BCUT2D eigenvalue weighted by atomic mass is 16.6. The normalized spacial score (nSPS) is 11.5. The predicted molar refractivity (Wildman–Crippen MR) is 510 cm³/mol. The van der Waals surface area contributed by atoms with E-state index in [2.05, 4.69) is 0 Å². The number of methoxy groups -OCH3 is 2. The van der Waals surface area contributed by atoms with Gasteiger partial charge < -0.3 is 152 Å². The summed E-state index contributed by atoms with van der Waals surface area (Å²) in [4.78, 5) is 117. The third kappa shape index (κ3) is 60.6. The Morgan fingerprint density at radius 3 is 0.604 bits per heavy atom. The van der Waals surface area contributed by atoms with Crippen LogP contribution >= 0.6 is 0 Å². The Bertz CT molecular complexity index is 3600. The third-order valence-electron chi connectivity index (χ3n) is 19.4. The smallest absolute Gasteiger partial charge is 0.338 e. The minimum absolute atomic E-state index is 0.0113. The fourth-order valence-corrected chi connectivity index (χ4v) is 12.5. The Labute approximate surface area is 819 Å². The van der Waals surface area contributed by atoms with Crippen LogP contribution in [0.2, 0.25) is 0 Å². The second kappa shape index (κ2) is 77.4. The highest BCUT2D eigenvalue weighted by molar-refractivity contribution is 5.93. The largest absolute Gasteiger partial charge is 0.487 e. The molecule has 40 heteroatoms. The molecule has 0 spiro atoms. The van der Waals surface area contributed by atoms with Crippen LogP contribution in [0, 0.1) is 33.1 Å². The summed E-state index contributed by atoms with van der Waals surface area (Å²) in [6.07, 6.45) is 3.73. The predicted octanol–water partition coefficient (Wildman–Crippen LogP) is 7.94. The van der Waals surface area contributed by atoms with Gasteiger partial charge in [-0.1, -0.05) is 34.4 Å². The van der Waals surface area contributed by atoms with Crippen LogP contribution in [-0.4, -0.2) is 428 Å². The maximum absolute atomic E-state index is 15.4. The van der Waals surface area contributed by atoms with E-state index in [0.717, 1.165) is 48.4 Å². The van der Waals surface area contributed by atoms with Gasteiger partial charge in [-0.2, -0.15) is 0 Å². The van der Waals surface area contributed by atoms with E-state index in [0.29, 0.717) is 52.1 Å². The highest BCUT2D eigenvalue weighted by Crippen LogP contribution is 2.42. The molecule has 0 atom stereocenters. The van der Waals surface area contributed by atoms with Crippen LogP contribution < -0.4 is 28.4 Å². The second-order valence-electron chi connectivity index (χ2n) is 33.1. The van der Waals surface area contributed by atoms with Crippen molar-refractivity contribution in [2.24, 2.45) is 5.41 Å². The third-order valence-corrected chi connectivity index (χ3v) is 19.4. The topological polar surface area (TPSA) is 408 Å². The zero-order valence-electron chi connectivity index (χ0n) is 84.5. The molecular formula is C99H156N4O36. The molecule has 4 rings (SSSR count). The van der Waals surface area contributed by atoms with Crippen molar-refractivity contribution < 1.29 is 171 Å². The van der Waals surface area contributed by atoms with Gasteiger partial charge in [0.1, 0.15) is 97.9 Å². The summed E-state index contributed by atoms with van der Waals surface area (Å²) in [6, 6.07) is 15.6. The summed E-state index contributed by atoms with van der Waals surface area (Å²) in [6.45, 7) is 10.8. The maximum Gasteiger partial charge on any atom is 0.338 e. The standard InChI is InChI=1S/C99H156N4O36/c1-77-63-78(2)66-81(65-77)95(108)136-73-99(74-137-96(109)82-67-79(3)64-80(4)68-82,75-138-97(110)83-69-85(126-53-43-116-35-39-120-47-57-130-89(104)19-15-23-100(5)6)93(134-61-51-124-33-31-114-29-27-112-13)86(70-83)127-54-44-117-36-40-121-48-58-131-90(105)20-16-24-101(7)8)76-139-98(111)84-71-87(128-55-45-118-37-41-122-49-59-132-91(106)21-17-25-102(9)10)94(135-62-52-125-34-32-115-30-28-113-14)88(72-84)129-56-46-119-38-42-123-50-60-133-92(107)22-18-26-103(11)12/h63-72H,15-62,73-76H2,1-14H3. The van der Waals surface area contributed by atoms with Crippen LogP contribution in [0.15, 0.2) is 60.7 Å². The van der Waals surface area contributed by atoms with Crippen LogP contribution in [0.25, 0.3) is 0 Å². The van der Waals surface area contributed by atoms with Gasteiger partial charge in [0.15, 0.2) is 23.0 Å². The van der Waals surface area contributed by atoms with Crippen molar-refractivity contribution in [3.8, 4) is 34.5 Å². The summed E-state index contributed by atoms with van der Waals surface area (Å²) in [5, 5.41) is 0. The molecule has 0 N–H and O–H groups in total. The quantitative estimate of drug-likeness (QED) is 0.0230. The molecule has 4 aromatic rings.